The number of nitrogens with one attached hydrogen (secondary N) is 1. The van der Waals surface area contributed by atoms with Crippen LogP contribution in [0.4, 0.5) is 5.69 Å². The molecule has 1 heterocycles. The first-order chi connectivity index (χ1) is 7.65. The van der Waals surface area contributed by atoms with Crippen molar-refractivity contribution in [1.82, 2.24) is 0 Å². The molecule has 0 spiro atoms. The Morgan fingerprint density at radius 2 is 2.06 bits per heavy atom. The Morgan fingerprint density at radius 3 is 2.75 bits per heavy atom. The maximum absolute atomic E-state index is 11.2. The van der Waals surface area contributed by atoms with Crippen molar-refractivity contribution in [2.24, 2.45) is 0 Å². The van der Waals surface area contributed by atoms with E-state index in [2.05, 4.69) is 18.3 Å². The Labute approximate surface area is 104 Å². The maximum atomic E-state index is 11.2. The number of rotatable bonds is 2. The SMILES string of the molecule is Cc1ccc(Cl)c(NC2CCS(=O)CC2)c1. The third kappa shape index (κ3) is 2.98. The molecular weight excluding hydrogens is 242 g/mol. The Bertz CT molecular complexity index is 398. The van der Waals surface area contributed by atoms with Crippen LogP contribution in [0.5, 0.6) is 0 Å². The summed E-state index contributed by atoms with van der Waals surface area (Å²) < 4.78 is 11.2. The van der Waals surface area contributed by atoms with Crippen molar-refractivity contribution in [3.05, 3.63) is 28.8 Å². The molecule has 0 aliphatic carbocycles. The molecular formula is C12H16ClNOS. The topological polar surface area (TPSA) is 29.1 Å². The molecule has 1 aliphatic heterocycles. The summed E-state index contributed by atoms with van der Waals surface area (Å²) in [7, 11) is -0.602. The third-order valence-electron chi connectivity index (χ3n) is 2.87. The first kappa shape index (κ1) is 11.9. The van der Waals surface area contributed by atoms with E-state index in [0.717, 1.165) is 35.1 Å². The fourth-order valence-electron chi connectivity index (χ4n) is 1.91. The van der Waals surface area contributed by atoms with Gasteiger partial charge in [0, 0.05) is 28.3 Å². The fourth-order valence-corrected chi connectivity index (χ4v) is 3.38. The molecule has 1 aromatic rings. The molecule has 0 saturated carbocycles. The maximum Gasteiger partial charge on any atom is 0.0637 e. The third-order valence-corrected chi connectivity index (χ3v) is 4.58. The van der Waals surface area contributed by atoms with E-state index in [4.69, 9.17) is 11.6 Å². The summed E-state index contributed by atoms with van der Waals surface area (Å²) in [6.07, 6.45) is 1.94. The minimum atomic E-state index is -0.602. The van der Waals surface area contributed by atoms with Gasteiger partial charge in [0.15, 0.2) is 0 Å². The summed E-state index contributed by atoms with van der Waals surface area (Å²) in [6.45, 7) is 2.05. The van der Waals surface area contributed by atoms with E-state index < -0.39 is 10.8 Å². The highest BCUT2D eigenvalue weighted by Gasteiger charge is 2.18. The van der Waals surface area contributed by atoms with Crippen molar-refractivity contribution in [2.75, 3.05) is 16.8 Å². The van der Waals surface area contributed by atoms with Crippen LogP contribution < -0.4 is 5.32 Å². The summed E-state index contributed by atoms with van der Waals surface area (Å²) in [5, 5.41) is 4.21. The molecule has 1 fully saturated rings. The van der Waals surface area contributed by atoms with Gasteiger partial charge in [-0.05, 0) is 37.5 Å². The zero-order valence-corrected chi connectivity index (χ0v) is 10.9. The van der Waals surface area contributed by atoms with E-state index in [-0.39, 0.29) is 0 Å². The molecule has 0 unspecified atom stereocenters. The van der Waals surface area contributed by atoms with Gasteiger partial charge in [0.1, 0.15) is 0 Å². The standard InChI is InChI=1S/C12H16ClNOS/c1-9-2-3-11(13)12(8-9)14-10-4-6-16(15)7-5-10/h2-3,8,10,14H,4-7H2,1H3. The van der Waals surface area contributed by atoms with Gasteiger partial charge < -0.3 is 5.32 Å². The van der Waals surface area contributed by atoms with Crippen molar-refractivity contribution in [2.45, 2.75) is 25.8 Å². The second-order valence-electron chi connectivity index (χ2n) is 4.25. The lowest BCUT2D eigenvalue weighted by atomic mass is 10.1. The second kappa shape index (κ2) is 5.19. The van der Waals surface area contributed by atoms with Crippen molar-refractivity contribution < 1.29 is 4.21 Å². The molecule has 0 aromatic heterocycles. The molecule has 4 heteroatoms. The van der Waals surface area contributed by atoms with Crippen LogP contribution >= 0.6 is 11.6 Å². The van der Waals surface area contributed by atoms with Gasteiger partial charge in [-0.25, -0.2) is 0 Å². The van der Waals surface area contributed by atoms with Gasteiger partial charge in [-0.2, -0.15) is 0 Å². The Balaban J connectivity index is 2.03. The molecule has 1 aromatic carbocycles. The molecule has 1 N–H and O–H groups in total. The van der Waals surface area contributed by atoms with E-state index in [1.54, 1.807) is 0 Å². The number of anilines is 1. The monoisotopic (exact) mass is 257 g/mol. The van der Waals surface area contributed by atoms with Gasteiger partial charge in [-0.1, -0.05) is 17.7 Å². The molecule has 0 atom stereocenters. The lowest BCUT2D eigenvalue weighted by Crippen LogP contribution is -2.29. The van der Waals surface area contributed by atoms with E-state index in [1.807, 2.05) is 12.1 Å². The quantitative estimate of drug-likeness (QED) is 0.883. The van der Waals surface area contributed by atoms with Crippen LogP contribution in [0.3, 0.4) is 0 Å². The van der Waals surface area contributed by atoms with Crippen LogP contribution in [-0.2, 0) is 10.8 Å². The Morgan fingerprint density at radius 1 is 1.38 bits per heavy atom. The fraction of sp³-hybridized carbons (Fsp3) is 0.500. The zero-order chi connectivity index (χ0) is 11.5. The van der Waals surface area contributed by atoms with Gasteiger partial charge in [0.2, 0.25) is 0 Å². The summed E-state index contributed by atoms with van der Waals surface area (Å²) in [5.74, 6) is 1.61. The molecule has 1 saturated heterocycles. The Hall–Kier alpha value is -0.540. The summed E-state index contributed by atoms with van der Waals surface area (Å²) in [5.41, 5.74) is 2.20. The van der Waals surface area contributed by atoms with Crippen molar-refractivity contribution in [3.63, 3.8) is 0 Å². The first-order valence-corrected chi connectivity index (χ1v) is 7.39. The van der Waals surface area contributed by atoms with Gasteiger partial charge in [-0.3, -0.25) is 4.21 Å². The van der Waals surface area contributed by atoms with Gasteiger partial charge >= 0.3 is 0 Å². The normalized spacial score (nSPS) is 25.4. The number of halogens is 1. The van der Waals surface area contributed by atoms with Crippen LogP contribution in [0.15, 0.2) is 18.2 Å². The van der Waals surface area contributed by atoms with Gasteiger partial charge in [0.25, 0.3) is 0 Å². The number of hydrogen-bond donors (Lipinski definition) is 1. The number of hydrogen-bond acceptors (Lipinski definition) is 2. The van der Waals surface area contributed by atoms with Crippen LogP contribution in [0.2, 0.25) is 5.02 Å². The predicted molar refractivity (Wildman–Crippen MR) is 70.7 cm³/mol. The molecule has 16 heavy (non-hydrogen) atoms. The van der Waals surface area contributed by atoms with Gasteiger partial charge in [0.05, 0.1) is 10.7 Å². The number of aryl methyl sites for hydroxylation is 1. The lowest BCUT2D eigenvalue weighted by molar-refractivity contribution is 0.624. The second-order valence-corrected chi connectivity index (χ2v) is 6.35. The minimum absolute atomic E-state index is 0.414. The highest BCUT2D eigenvalue weighted by molar-refractivity contribution is 7.85. The summed E-state index contributed by atoms with van der Waals surface area (Å²) >= 11 is 6.12. The molecule has 88 valence electrons. The van der Waals surface area contributed by atoms with E-state index in [0.29, 0.717) is 6.04 Å². The average molecular weight is 258 g/mol. The smallest absolute Gasteiger partial charge is 0.0637 e. The minimum Gasteiger partial charge on any atom is -0.381 e. The van der Waals surface area contributed by atoms with Crippen LogP contribution in [0.25, 0.3) is 0 Å². The molecule has 1 aliphatic rings. The van der Waals surface area contributed by atoms with Crippen LogP contribution in [0.1, 0.15) is 18.4 Å². The highest BCUT2D eigenvalue weighted by Crippen LogP contribution is 2.25. The molecule has 2 nitrogen and oxygen atoms in total. The predicted octanol–water partition coefficient (Wildman–Crippen LogP) is 2.97. The van der Waals surface area contributed by atoms with E-state index >= 15 is 0 Å². The molecule has 0 radical (unpaired) electrons. The molecule has 2 rings (SSSR count). The number of benzene rings is 1. The largest absolute Gasteiger partial charge is 0.381 e. The lowest BCUT2D eigenvalue weighted by Gasteiger charge is -2.24. The van der Waals surface area contributed by atoms with Crippen molar-refractivity contribution in [3.8, 4) is 0 Å². The first-order valence-electron chi connectivity index (χ1n) is 5.53. The Kier molecular flexibility index (Phi) is 3.87. The van der Waals surface area contributed by atoms with Crippen LogP contribution in [0, 0.1) is 6.92 Å². The van der Waals surface area contributed by atoms with Crippen molar-refractivity contribution >= 4 is 28.1 Å². The van der Waals surface area contributed by atoms with E-state index in [1.165, 1.54) is 5.56 Å². The molecule has 0 bridgehead atoms. The highest BCUT2D eigenvalue weighted by atomic mass is 35.5. The van der Waals surface area contributed by atoms with Gasteiger partial charge in [-0.15, -0.1) is 0 Å². The average Bonchev–Trinajstić information content (AvgIpc) is 2.27. The molecule has 0 amide bonds. The van der Waals surface area contributed by atoms with E-state index in [9.17, 15) is 4.21 Å². The zero-order valence-electron chi connectivity index (χ0n) is 9.33. The summed E-state index contributed by atoms with van der Waals surface area (Å²) in [6, 6.07) is 6.40. The van der Waals surface area contributed by atoms with Crippen LogP contribution in [-0.4, -0.2) is 21.8 Å². The van der Waals surface area contributed by atoms with Crippen molar-refractivity contribution in [1.29, 1.82) is 0 Å². The summed E-state index contributed by atoms with van der Waals surface area (Å²) in [4.78, 5) is 0.